The van der Waals surface area contributed by atoms with Gasteiger partial charge in [-0.2, -0.15) is 0 Å². The molecule has 0 aromatic heterocycles. The summed E-state index contributed by atoms with van der Waals surface area (Å²) in [4.78, 5) is 23.7. The molecule has 0 aliphatic heterocycles. The number of carbonyl (C=O) groups excluding carboxylic acids is 2. The van der Waals surface area contributed by atoms with Crippen molar-refractivity contribution in [1.82, 2.24) is 5.32 Å². The van der Waals surface area contributed by atoms with E-state index in [0.29, 0.717) is 17.7 Å². The van der Waals surface area contributed by atoms with Crippen LogP contribution >= 0.6 is 15.9 Å². The van der Waals surface area contributed by atoms with Gasteiger partial charge in [-0.05, 0) is 58.6 Å². The van der Waals surface area contributed by atoms with E-state index in [-0.39, 0.29) is 18.8 Å². The lowest BCUT2D eigenvalue weighted by Crippen LogP contribution is -2.29. The fourth-order valence-corrected chi connectivity index (χ4v) is 2.75. The summed E-state index contributed by atoms with van der Waals surface area (Å²) in [6, 6.07) is 11.9. The molecule has 2 rings (SSSR count). The van der Waals surface area contributed by atoms with E-state index in [4.69, 9.17) is 0 Å². The molecule has 0 aliphatic carbocycles. The predicted octanol–water partition coefficient (Wildman–Crippen LogP) is 3.58. The van der Waals surface area contributed by atoms with Crippen LogP contribution in [0.5, 0.6) is 0 Å². The van der Waals surface area contributed by atoms with Crippen molar-refractivity contribution >= 4 is 33.4 Å². The molecule has 4 nitrogen and oxygen atoms in total. The van der Waals surface area contributed by atoms with Crippen molar-refractivity contribution in [3.8, 4) is 0 Å². The number of amides is 2. The van der Waals surface area contributed by atoms with Crippen molar-refractivity contribution < 1.29 is 14.0 Å². The predicted molar refractivity (Wildman–Crippen MR) is 95.2 cm³/mol. The average Bonchev–Trinajstić information content (AvgIpc) is 2.52. The van der Waals surface area contributed by atoms with Gasteiger partial charge in [-0.15, -0.1) is 0 Å². The standard InChI is InChI=1S/C18H18BrFN2O2/c1-12-6-7-16(14(19)10-12)22-18(24)11-17(23)21-9-8-13-4-2-3-5-15(13)20/h2-7,10H,8-9,11H2,1H3,(H,21,23)(H,22,24). The molecule has 0 fully saturated rings. The van der Waals surface area contributed by atoms with Crippen LogP contribution in [0.25, 0.3) is 0 Å². The Morgan fingerprint density at radius 2 is 1.88 bits per heavy atom. The summed E-state index contributed by atoms with van der Waals surface area (Å²) in [6.45, 7) is 2.22. The Hall–Kier alpha value is -2.21. The molecular formula is C18H18BrFN2O2. The highest BCUT2D eigenvalue weighted by Crippen LogP contribution is 2.23. The maximum atomic E-state index is 13.5. The highest BCUT2D eigenvalue weighted by Gasteiger charge is 2.11. The van der Waals surface area contributed by atoms with Gasteiger partial charge in [-0.25, -0.2) is 4.39 Å². The second-order valence-electron chi connectivity index (χ2n) is 5.40. The molecular weight excluding hydrogens is 375 g/mol. The normalized spacial score (nSPS) is 10.3. The molecule has 0 bridgehead atoms. The maximum absolute atomic E-state index is 13.5. The summed E-state index contributed by atoms with van der Waals surface area (Å²) in [5.74, 6) is -1.09. The second kappa shape index (κ2) is 8.59. The number of anilines is 1. The minimum absolute atomic E-state index is 0.279. The minimum atomic E-state index is -0.400. The number of rotatable bonds is 6. The quantitative estimate of drug-likeness (QED) is 0.738. The number of hydrogen-bond donors (Lipinski definition) is 2. The van der Waals surface area contributed by atoms with E-state index in [0.717, 1.165) is 10.0 Å². The lowest BCUT2D eigenvalue weighted by atomic mass is 10.1. The van der Waals surface area contributed by atoms with E-state index in [1.807, 2.05) is 19.1 Å². The van der Waals surface area contributed by atoms with Crippen LogP contribution in [0.3, 0.4) is 0 Å². The summed E-state index contributed by atoms with van der Waals surface area (Å²) in [5, 5.41) is 5.30. The number of halogens is 2. The van der Waals surface area contributed by atoms with E-state index < -0.39 is 11.8 Å². The van der Waals surface area contributed by atoms with E-state index in [1.54, 1.807) is 24.3 Å². The van der Waals surface area contributed by atoms with E-state index in [2.05, 4.69) is 26.6 Å². The van der Waals surface area contributed by atoms with Crippen LogP contribution in [-0.2, 0) is 16.0 Å². The van der Waals surface area contributed by atoms with Crippen LogP contribution in [-0.4, -0.2) is 18.4 Å². The van der Waals surface area contributed by atoms with Gasteiger partial charge in [0.2, 0.25) is 11.8 Å². The Morgan fingerprint density at radius 3 is 2.58 bits per heavy atom. The lowest BCUT2D eigenvalue weighted by molar-refractivity contribution is -0.126. The zero-order valence-electron chi connectivity index (χ0n) is 13.2. The van der Waals surface area contributed by atoms with Crippen LogP contribution < -0.4 is 10.6 Å². The second-order valence-corrected chi connectivity index (χ2v) is 6.25. The highest BCUT2D eigenvalue weighted by molar-refractivity contribution is 9.10. The molecule has 2 aromatic rings. The average molecular weight is 393 g/mol. The first-order chi connectivity index (χ1) is 11.5. The third kappa shape index (κ3) is 5.45. The van der Waals surface area contributed by atoms with Gasteiger partial charge in [0.05, 0.1) is 5.69 Å². The van der Waals surface area contributed by atoms with E-state index in [1.165, 1.54) is 6.07 Å². The lowest BCUT2D eigenvalue weighted by Gasteiger charge is -2.09. The Balaban J connectivity index is 1.77. The molecule has 0 saturated heterocycles. The van der Waals surface area contributed by atoms with Gasteiger partial charge in [0.15, 0.2) is 0 Å². The van der Waals surface area contributed by atoms with Crippen LogP contribution in [0.2, 0.25) is 0 Å². The van der Waals surface area contributed by atoms with Gasteiger partial charge >= 0.3 is 0 Å². The number of aryl methyl sites for hydroxylation is 1. The maximum Gasteiger partial charge on any atom is 0.233 e. The molecule has 0 radical (unpaired) electrons. The van der Waals surface area contributed by atoms with Crippen LogP contribution in [0.4, 0.5) is 10.1 Å². The molecule has 0 spiro atoms. The fourth-order valence-electron chi connectivity index (χ4n) is 2.16. The number of carbonyl (C=O) groups is 2. The van der Waals surface area contributed by atoms with Crippen molar-refractivity contribution in [3.05, 3.63) is 63.9 Å². The van der Waals surface area contributed by atoms with Gasteiger partial charge in [0, 0.05) is 11.0 Å². The molecule has 0 saturated carbocycles. The van der Waals surface area contributed by atoms with Crippen molar-refractivity contribution in [2.75, 3.05) is 11.9 Å². The highest BCUT2D eigenvalue weighted by atomic mass is 79.9. The van der Waals surface area contributed by atoms with Gasteiger partial charge < -0.3 is 10.6 Å². The fraction of sp³-hybridized carbons (Fsp3) is 0.222. The van der Waals surface area contributed by atoms with Gasteiger partial charge in [0.25, 0.3) is 0 Å². The van der Waals surface area contributed by atoms with Crippen molar-refractivity contribution in [1.29, 1.82) is 0 Å². The van der Waals surface area contributed by atoms with Crippen LogP contribution in [0.1, 0.15) is 17.5 Å². The van der Waals surface area contributed by atoms with Crippen LogP contribution in [0, 0.1) is 12.7 Å². The first-order valence-electron chi connectivity index (χ1n) is 7.52. The molecule has 0 atom stereocenters. The SMILES string of the molecule is Cc1ccc(NC(=O)CC(=O)NCCc2ccccc2F)c(Br)c1. The Kier molecular flexibility index (Phi) is 6.49. The monoisotopic (exact) mass is 392 g/mol. The molecule has 0 unspecified atom stereocenters. The minimum Gasteiger partial charge on any atom is -0.355 e. The zero-order chi connectivity index (χ0) is 17.5. The molecule has 0 heterocycles. The smallest absolute Gasteiger partial charge is 0.233 e. The first kappa shape index (κ1) is 18.1. The summed E-state index contributed by atoms with van der Waals surface area (Å²) in [5.41, 5.74) is 2.21. The van der Waals surface area contributed by atoms with Crippen molar-refractivity contribution in [2.24, 2.45) is 0 Å². The summed E-state index contributed by atoms with van der Waals surface area (Å²) < 4.78 is 14.2. The number of nitrogens with one attached hydrogen (secondary N) is 2. The molecule has 24 heavy (non-hydrogen) atoms. The third-order valence-corrected chi connectivity index (χ3v) is 4.05. The molecule has 6 heteroatoms. The van der Waals surface area contributed by atoms with Gasteiger partial charge in [-0.1, -0.05) is 24.3 Å². The Morgan fingerprint density at radius 1 is 1.12 bits per heavy atom. The van der Waals surface area contributed by atoms with Crippen molar-refractivity contribution in [2.45, 2.75) is 19.8 Å². The molecule has 2 amide bonds. The van der Waals surface area contributed by atoms with Gasteiger partial charge in [0.1, 0.15) is 12.2 Å². The van der Waals surface area contributed by atoms with Gasteiger partial charge in [-0.3, -0.25) is 9.59 Å². The van der Waals surface area contributed by atoms with Crippen molar-refractivity contribution in [3.63, 3.8) is 0 Å². The topological polar surface area (TPSA) is 58.2 Å². The van der Waals surface area contributed by atoms with E-state index in [9.17, 15) is 14.0 Å². The first-order valence-corrected chi connectivity index (χ1v) is 8.31. The Bertz CT molecular complexity index is 750. The molecule has 2 N–H and O–H groups in total. The third-order valence-electron chi connectivity index (χ3n) is 3.39. The summed E-state index contributed by atoms with van der Waals surface area (Å²) in [7, 11) is 0. The molecule has 2 aromatic carbocycles. The summed E-state index contributed by atoms with van der Waals surface area (Å²) >= 11 is 3.37. The zero-order valence-corrected chi connectivity index (χ0v) is 14.8. The summed E-state index contributed by atoms with van der Waals surface area (Å²) in [6.07, 6.45) is 0.0983. The number of hydrogen-bond acceptors (Lipinski definition) is 2. The van der Waals surface area contributed by atoms with E-state index >= 15 is 0 Å². The Labute approximate surface area is 148 Å². The largest absolute Gasteiger partial charge is 0.355 e. The van der Waals surface area contributed by atoms with Crippen LogP contribution in [0.15, 0.2) is 46.9 Å². The number of benzene rings is 2. The molecule has 0 aliphatic rings. The molecule has 126 valence electrons.